The van der Waals surface area contributed by atoms with E-state index < -0.39 is 6.04 Å². The number of hydrogen-bond donors (Lipinski definition) is 2. The van der Waals surface area contributed by atoms with Gasteiger partial charge in [-0.2, -0.15) is 0 Å². The standard InChI is InChI=1S/C12H16ClN3O2.ClH/c1-7(14)11(17)15-8-4-5-10(13)9(6-8)12(18)16(2)3;/h4-7H,14H2,1-3H3,(H,15,17);1H. The van der Waals surface area contributed by atoms with Gasteiger partial charge in [0.2, 0.25) is 5.91 Å². The molecule has 1 atom stereocenters. The predicted molar refractivity (Wildman–Crippen MR) is 79.0 cm³/mol. The summed E-state index contributed by atoms with van der Waals surface area (Å²) in [4.78, 5) is 24.7. The lowest BCUT2D eigenvalue weighted by Gasteiger charge is -2.13. The number of carbonyl (C=O) groups is 2. The highest BCUT2D eigenvalue weighted by atomic mass is 35.5. The van der Waals surface area contributed by atoms with Crippen LogP contribution in [0.3, 0.4) is 0 Å². The van der Waals surface area contributed by atoms with Crippen molar-refractivity contribution in [3.63, 3.8) is 0 Å². The summed E-state index contributed by atoms with van der Waals surface area (Å²) in [7, 11) is 3.26. The zero-order chi connectivity index (χ0) is 13.9. The number of nitrogens with two attached hydrogens (primary N) is 1. The third-order valence-electron chi connectivity index (χ3n) is 2.28. The van der Waals surface area contributed by atoms with Gasteiger partial charge in [-0.25, -0.2) is 0 Å². The Labute approximate surface area is 123 Å². The van der Waals surface area contributed by atoms with E-state index in [0.717, 1.165) is 0 Å². The largest absolute Gasteiger partial charge is 0.345 e. The summed E-state index contributed by atoms with van der Waals surface area (Å²) in [6.45, 7) is 1.58. The van der Waals surface area contributed by atoms with E-state index in [9.17, 15) is 9.59 Å². The van der Waals surface area contributed by atoms with Crippen molar-refractivity contribution in [3.05, 3.63) is 28.8 Å². The number of halogens is 2. The van der Waals surface area contributed by atoms with Gasteiger partial charge in [-0.3, -0.25) is 9.59 Å². The zero-order valence-corrected chi connectivity index (χ0v) is 12.5. The fourth-order valence-electron chi connectivity index (χ4n) is 1.26. The van der Waals surface area contributed by atoms with Gasteiger partial charge in [0.1, 0.15) is 0 Å². The maximum atomic E-state index is 11.8. The lowest BCUT2D eigenvalue weighted by molar-refractivity contribution is -0.117. The summed E-state index contributed by atoms with van der Waals surface area (Å²) < 4.78 is 0. The van der Waals surface area contributed by atoms with Crippen LogP contribution in [0.15, 0.2) is 18.2 Å². The van der Waals surface area contributed by atoms with Gasteiger partial charge in [-0.15, -0.1) is 12.4 Å². The molecule has 0 spiro atoms. The molecule has 0 radical (unpaired) electrons. The minimum Gasteiger partial charge on any atom is -0.345 e. The number of anilines is 1. The maximum absolute atomic E-state index is 11.8. The number of rotatable bonds is 3. The van der Waals surface area contributed by atoms with Gasteiger partial charge in [0, 0.05) is 19.8 Å². The Kier molecular flexibility index (Phi) is 6.83. The van der Waals surface area contributed by atoms with Gasteiger partial charge < -0.3 is 16.0 Å². The molecule has 0 fully saturated rings. The molecular weight excluding hydrogens is 289 g/mol. The van der Waals surface area contributed by atoms with E-state index in [-0.39, 0.29) is 24.2 Å². The number of nitrogens with one attached hydrogen (secondary N) is 1. The van der Waals surface area contributed by atoms with Crippen molar-refractivity contribution in [2.75, 3.05) is 19.4 Å². The van der Waals surface area contributed by atoms with E-state index in [2.05, 4.69) is 5.32 Å². The van der Waals surface area contributed by atoms with Gasteiger partial charge in [0.25, 0.3) is 5.91 Å². The van der Waals surface area contributed by atoms with Gasteiger partial charge in [-0.1, -0.05) is 11.6 Å². The van der Waals surface area contributed by atoms with Crippen LogP contribution in [0.25, 0.3) is 0 Å². The van der Waals surface area contributed by atoms with E-state index >= 15 is 0 Å². The first-order valence-electron chi connectivity index (χ1n) is 5.40. The highest BCUT2D eigenvalue weighted by molar-refractivity contribution is 6.34. The zero-order valence-electron chi connectivity index (χ0n) is 10.9. The first kappa shape index (κ1) is 17.7. The quantitative estimate of drug-likeness (QED) is 0.893. The third kappa shape index (κ3) is 4.70. The number of nitrogens with zero attached hydrogens (tertiary/aromatic N) is 1. The van der Waals surface area contributed by atoms with E-state index in [1.165, 1.54) is 11.0 Å². The van der Waals surface area contributed by atoms with Crippen molar-refractivity contribution < 1.29 is 9.59 Å². The predicted octanol–water partition coefficient (Wildman–Crippen LogP) is 1.75. The molecule has 1 rings (SSSR count). The topological polar surface area (TPSA) is 75.4 Å². The highest BCUT2D eigenvalue weighted by Crippen LogP contribution is 2.21. The number of amides is 2. The van der Waals surface area contributed by atoms with Crippen LogP contribution in [-0.2, 0) is 4.79 Å². The summed E-state index contributed by atoms with van der Waals surface area (Å²) in [6.07, 6.45) is 0. The first-order valence-corrected chi connectivity index (χ1v) is 5.78. The lowest BCUT2D eigenvalue weighted by atomic mass is 10.1. The molecule has 1 unspecified atom stereocenters. The van der Waals surface area contributed by atoms with Gasteiger partial charge in [0.05, 0.1) is 16.6 Å². The van der Waals surface area contributed by atoms with Gasteiger partial charge >= 0.3 is 0 Å². The van der Waals surface area contributed by atoms with Crippen molar-refractivity contribution in [1.82, 2.24) is 4.90 Å². The molecule has 0 aliphatic rings. The van der Waals surface area contributed by atoms with Crippen LogP contribution in [0.4, 0.5) is 5.69 Å². The Balaban J connectivity index is 0.00000324. The average molecular weight is 306 g/mol. The summed E-state index contributed by atoms with van der Waals surface area (Å²) in [6, 6.07) is 4.10. The Morgan fingerprint density at radius 3 is 2.42 bits per heavy atom. The molecule has 0 saturated heterocycles. The fourth-order valence-corrected chi connectivity index (χ4v) is 1.46. The second-order valence-electron chi connectivity index (χ2n) is 4.17. The Hall–Kier alpha value is -1.30. The number of carbonyl (C=O) groups excluding carboxylic acids is 2. The van der Waals surface area contributed by atoms with Crippen molar-refractivity contribution in [2.24, 2.45) is 5.73 Å². The minimum atomic E-state index is -0.617. The van der Waals surface area contributed by atoms with Gasteiger partial charge in [0.15, 0.2) is 0 Å². The molecule has 0 aliphatic carbocycles. The molecule has 0 saturated carbocycles. The monoisotopic (exact) mass is 305 g/mol. The number of benzene rings is 1. The number of hydrogen-bond acceptors (Lipinski definition) is 3. The van der Waals surface area contributed by atoms with Crippen LogP contribution >= 0.6 is 24.0 Å². The molecule has 3 N–H and O–H groups in total. The van der Waals surface area contributed by atoms with Gasteiger partial charge in [-0.05, 0) is 25.1 Å². The van der Waals surface area contributed by atoms with E-state index in [1.54, 1.807) is 33.2 Å². The van der Waals surface area contributed by atoms with Crippen LogP contribution in [0.5, 0.6) is 0 Å². The van der Waals surface area contributed by atoms with Crippen molar-refractivity contribution in [3.8, 4) is 0 Å². The Morgan fingerprint density at radius 2 is 1.95 bits per heavy atom. The fraction of sp³-hybridized carbons (Fsp3) is 0.333. The highest BCUT2D eigenvalue weighted by Gasteiger charge is 2.14. The molecule has 1 aromatic rings. The lowest BCUT2D eigenvalue weighted by Crippen LogP contribution is -2.32. The summed E-state index contributed by atoms with van der Waals surface area (Å²) in [5.41, 5.74) is 6.28. The van der Waals surface area contributed by atoms with Crippen molar-refractivity contribution >= 4 is 41.5 Å². The molecule has 106 valence electrons. The maximum Gasteiger partial charge on any atom is 0.254 e. The summed E-state index contributed by atoms with van der Waals surface area (Å²) in [5.74, 6) is -0.544. The smallest absolute Gasteiger partial charge is 0.254 e. The third-order valence-corrected chi connectivity index (χ3v) is 2.61. The van der Waals surface area contributed by atoms with Crippen LogP contribution in [0.1, 0.15) is 17.3 Å². The Bertz CT molecular complexity index is 476. The molecule has 0 aliphatic heterocycles. The normalized spacial score (nSPS) is 11.2. The van der Waals surface area contributed by atoms with E-state index in [1.807, 2.05) is 0 Å². The summed E-state index contributed by atoms with van der Waals surface area (Å²) in [5, 5.41) is 2.95. The van der Waals surface area contributed by atoms with Crippen molar-refractivity contribution in [1.29, 1.82) is 0 Å². The molecule has 19 heavy (non-hydrogen) atoms. The molecule has 5 nitrogen and oxygen atoms in total. The molecule has 2 amide bonds. The minimum absolute atomic E-state index is 0. The first-order chi connectivity index (χ1) is 8.32. The van der Waals surface area contributed by atoms with Crippen molar-refractivity contribution in [2.45, 2.75) is 13.0 Å². The summed E-state index contributed by atoms with van der Waals surface area (Å²) >= 11 is 5.95. The van der Waals surface area contributed by atoms with Crippen LogP contribution in [0.2, 0.25) is 5.02 Å². The second-order valence-corrected chi connectivity index (χ2v) is 4.58. The SMILES string of the molecule is CC(N)C(=O)Nc1ccc(Cl)c(C(=O)N(C)C)c1.Cl. The molecule has 0 aromatic heterocycles. The van der Waals surface area contributed by atoms with Crippen LogP contribution in [-0.4, -0.2) is 36.9 Å². The molecule has 1 aromatic carbocycles. The van der Waals surface area contributed by atoms with Crippen LogP contribution in [0, 0.1) is 0 Å². The molecular formula is C12H17Cl2N3O2. The Morgan fingerprint density at radius 1 is 1.37 bits per heavy atom. The van der Waals surface area contributed by atoms with E-state index in [4.69, 9.17) is 17.3 Å². The van der Waals surface area contributed by atoms with E-state index in [0.29, 0.717) is 16.3 Å². The molecule has 0 bridgehead atoms. The van der Waals surface area contributed by atoms with Crippen LogP contribution < -0.4 is 11.1 Å². The average Bonchev–Trinajstić information content (AvgIpc) is 2.30. The second kappa shape index (κ2) is 7.33. The molecule has 7 heteroatoms. The molecule has 0 heterocycles.